The molecule has 45 heavy (non-hydrogen) atoms. The highest BCUT2D eigenvalue weighted by atomic mass is 32.2. The van der Waals surface area contributed by atoms with E-state index in [2.05, 4.69) is 32.2 Å². The number of anilines is 1. The van der Waals surface area contributed by atoms with Crippen LogP contribution in [0, 0.1) is 6.92 Å². The van der Waals surface area contributed by atoms with Gasteiger partial charge in [0.15, 0.2) is 11.0 Å². The largest absolute Gasteiger partial charge is 0.573 e. The maximum absolute atomic E-state index is 12.7. The number of ether oxygens (including phenoxy) is 1. The molecule has 234 valence electrons. The van der Waals surface area contributed by atoms with Gasteiger partial charge in [-0.2, -0.15) is 4.99 Å². The van der Waals surface area contributed by atoms with Crippen molar-refractivity contribution in [2.75, 3.05) is 17.3 Å². The summed E-state index contributed by atoms with van der Waals surface area (Å²) in [6.45, 7) is 4.21. The second kappa shape index (κ2) is 13.9. The van der Waals surface area contributed by atoms with Crippen molar-refractivity contribution < 1.29 is 32.3 Å². The van der Waals surface area contributed by atoms with Crippen LogP contribution in [-0.2, 0) is 22.5 Å². The van der Waals surface area contributed by atoms with E-state index in [4.69, 9.17) is 4.84 Å². The quantitative estimate of drug-likeness (QED) is 0.158. The van der Waals surface area contributed by atoms with Crippen LogP contribution in [0.3, 0.4) is 0 Å². The number of rotatable bonds is 10. The van der Waals surface area contributed by atoms with Gasteiger partial charge in [0.05, 0.1) is 23.7 Å². The summed E-state index contributed by atoms with van der Waals surface area (Å²) < 4.78 is 42.5. The van der Waals surface area contributed by atoms with Gasteiger partial charge in [0.1, 0.15) is 12.1 Å². The van der Waals surface area contributed by atoms with Gasteiger partial charge in [0.25, 0.3) is 0 Å². The molecular formula is C31H29F3N6O4S. The summed E-state index contributed by atoms with van der Waals surface area (Å²) in [6.07, 6.45) is -1.08. The first-order valence-electron chi connectivity index (χ1n) is 14.0. The third-order valence-corrected chi connectivity index (χ3v) is 7.58. The number of aliphatic imine (C=N–C) groups is 1. The summed E-state index contributed by atoms with van der Waals surface area (Å²) in [5.74, 6) is 0.180. The number of aryl methyl sites for hydroxylation is 2. The van der Waals surface area contributed by atoms with Crippen molar-refractivity contribution in [2.24, 2.45) is 4.99 Å². The number of hydroxylamine groups is 1. The Kier molecular flexibility index (Phi) is 9.83. The molecule has 1 fully saturated rings. The van der Waals surface area contributed by atoms with E-state index >= 15 is 0 Å². The molecule has 5 rings (SSSR count). The van der Waals surface area contributed by atoms with Crippen LogP contribution in [0.4, 0.5) is 23.7 Å². The van der Waals surface area contributed by atoms with Gasteiger partial charge >= 0.3 is 12.4 Å². The molecule has 4 aromatic rings. The first kappa shape index (κ1) is 31.7. The Morgan fingerprint density at radius 1 is 1.07 bits per heavy atom. The van der Waals surface area contributed by atoms with Crippen LogP contribution in [-0.4, -0.2) is 50.6 Å². The zero-order valence-electron chi connectivity index (χ0n) is 24.4. The molecule has 1 aromatic heterocycles. The number of benzene rings is 3. The summed E-state index contributed by atoms with van der Waals surface area (Å²) in [6, 6.07) is 18.0. The number of nitrogens with zero attached hydrogens (tertiary/aromatic N) is 5. The van der Waals surface area contributed by atoms with E-state index in [1.54, 1.807) is 0 Å². The second-order valence-electron chi connectivity index (χ2n) is 10.1. The number of hydrogen-bond acceptors (Lipinski definition) is 7. The van der Waals surface area contributed by atoms with Crippen molar-refractivity contribution in [3.63, 3.8) is 0 Å². The Bertz CT molecular complexity index is 1690. The summed E-state index contributed by atoms with van der Waals surface area (Å²) in [4.78, 5) is 40.4. The van der Waals surface area contributed by atoms with Crippen LogP contribution in [0.15, 0.2) is 78.0 Å². The fourth-order valence-corrected chi connectivity index (χ4v) is 5.44. The predicted octanol–water partition coefficient (Wildman–Crippen LogP) is 6.41. The Morgan fingerprint density at radius 3 is 2.53 bits per heavy atom. The normalized spacial score (nSPS) is 14.3. The molecule has 14 heteroatoms. The lowest BCUT2D eigenvalue weighted by Gasteiger charge is -2.20. The van der Waals surface area contributed by atoms with E-state index in [1.165, 1.54) is 51.9 Å². The van der Waals surface area contributed by atoms with Gasteiger partial charge in [-0.15, -0.1) is 18.3 Å². The summed E-state index contributed by atoms with van der Waals surface area (Å²) >= 11 is 1.21. The minimum absolute atomic E-state index is 0.130. The molecule has 1 saturated heterocycles. The number of amides is 3. The minimum atomic E-state index is -4.76. The standard InChI is InChI=1S/C31H29F3N6O4S/c1-3-4-22-8-5-20(2)17-26(22)40-27(41)18-45-30(40)36-29(42)38-43-16-15-21-6-9-23(10-7-21)28-35-19-39(37-28)24-11-13-25(14-12-24)44-31(32,33)34/h5-14,17,19H,3-4,15-16,18H2,1-2H3,(H,38,42)/b36-30-. The van der Waals surface area contributed by atoms with Crippen molar-refractivity contribution in [1.29, 1.82) is 0 Å². The molecule has 0 atom stereocenters. The predicted molar refractivity (Wildman–Crippen MR) is 164 cm³/mol. The Labute approximate surface area is 261 Å². The van der Waals surface area contributed by atoms with Crippen LogP contribution in [0.25, 0.3) is 17.1 Å². The third kappa shape index (κ3) is 8.28. The number of urea groups is 1. The molecule has 0 radical (unpaired) electrons. The Balaban J connectivity index is 1.13. The third-order valence-electron chi connectivity index (χ3n) is 6.65. The highest BCUT2D eigenvalue weighted by Gasteiger charge is 2.32. The number of thioether (sulfide) groups is 1. The first-order valence-corrected chi connectivity index (χ1v) is 15.0. The molecular weight excluding hydrogens is 609 g/mol. The van der Waals surface area contributed by atoms with Gasteiger partial charge in [-0.25, -0.2) is 19.9 Å². The molecule has 1 N–H and O–H groups in total. The number of amidine groups is 1. The van der Waals surface area contributed by atoms with E-state index in [9.17, 15) is 22.8 Å². The van der Waals surface area contributed by atoms with E-state index in [0.717, 1.165) is 40.8 Å². The van der Waals surface area contributed by atoms with Crippen LogP contribution in [0.1, 0.15) is 30.0 Å². The van der Waals surface area contributed by atoms with Crippen molar-refractivity contribution >= 4 is 34.6 Å². The molecule has 0 saturated carbocycles. The van der Waals surface area contributed by atoms with Crippen molar-refractivity contribution in [2.45, 2.75) is 39.5 Å². The number of nitrogens with one attached hydrogen (secondary N) is 1. The average molecular weight is 639 g/mol. The molecule has 1 aliphatic heterocycles. The maximum Gasteiger partial charge on any atom is 0.573 e. The molecule has 0 aliphatic carbocycles. The molecule has 0 bridgehead atoms. The highest BCUT2D eigenvalue weighted by Crippen LogP contribution is 2.31. The van der Waals surface area contributed by atoms with Crippen molar-refractivity contribution in [1.82, 2.24) is 20.2 Å². The topological polar surface area (TPSA) is 111 Å². The Hall–Kier alpha value is -4.69. The van der Waals surface area contributed by atoms with Crippen LogP contribution < -0.4 is 15.1 Å². The first-order chi connectivity index (χ1) is 21.6. The summed E-state index contributed by atoms with van der Waals surface area (Å²) in [5, 5.41) is 4.71. The highest BCUT2D eigenvalue weighted by molar-refractivity contribution is 8.15. The number of alkyl halides is 3. The molecule has 0 unspecified atom stereocenters. The summed E-state index contributed by atoms with van der Waals surface area (Å²) in [7, 11) is 0. The molecule has 10 nitrogen and oxygen atoms in total. The molecule has 3 amide bonds. The molecule has 0 spiro atoms. The SMILES string of the molecule is CCCc1ccc(C)cc1N1C(=O)CS/C1=N\C(=O)NOCCc1ccc(-c2ncn(-c3ccc(OC(F)(F)F)cc3)n2)cc1. The van der Waals surface area contributed by atoms with Gasteiger partial charge < -0.3 is 4.74 Å². The lowest BCUT2D eigenvalue weighted by Crippen LogP contribution is -2.32. The van der Waals surface area contributed by atoms with E-state index in [0.29, 0.717) is 23.1 Å². The van der Waals surface area contributed by atoms with E-state index < -0.39 is 12.4 Å². The minimum Gasteiger partial charge on any atom is -0.406 e. The fourth-order valence-electron chi connectivity index (χ4n) is 4.58. The van der Waals surface area contributed by atoms with Gasteiger partial charge in [-0.05, 0) is 66.8 Å². The zero-order valence-corrected chi connectivity index (χ0v) is 25.2. The van der Waals surface area contributed by atoms with Crippen molar-refractivity contribution in [3.05, 3.63) is 89.7 Å². The number of hydrogen-bond donors (Lipinski definition) is 1. The number of carbonyl (C=O) groups is 2. The number of carbonyl (C=O) groups excluding carboxylic acids is 2. The average Bonchev–Trinajstić information content (AvgIpc) is 3.63. The van der Waals surface area contributed by atoms with Crippen molar-refractivity contribution in [3.8, 4) is 22.8 Å². The van der Waals surface area contributed by atoms with Gasteiger partial charge in [-0.1, -0.05) is 61.5 Å². The fraction of sp³-hybridized carbons (Fsp3) is 0.258. The number of halogens is 3. The smallest absolute Gasteiger partial charge is 0.406 e. The lowest BCUT2D eigenvalue weighted by molar-refractivity contribution is -0.274. The van der Waals surface area contributed by atoms with Crippen LogP contribution in [0.5, 0.6) is 5.75 Å². The maximum atomic E-state index is 12.7. The molecule has 1 aliphatic rings. The van der Waals surface area contributed by atoms with Gasteiger partial charge in [0, 0.05) is 5.56 Å². The monoisotopic (exact) mass is 638 g/mol. The lowest BCUT2D eigenvalue weighted by atomic mass is 10.0. The molecule has 2 heterocycles. The molecule has 3 aromatic carbocycles. The van der Waals surface area contributed by atoms with Gasteiger partial charge in [-0.3, -0.25) is 14.5 Å². The number of aromatic nitrogens is 3. The second-order valence-corrected chi connectivity index (χ2v) is 11.0. The summed E-state index contributed by atoms with van der Waals surface area (Å²) in [5.41, 5.74) is 7.29. The Morgan fingerprint density at radius 2 is 1.82 bits per heavy atom. The zero-order chi connectivity index (χ0) is 32.0. The van der Waals surface area contributed by atoms with E-state index in [-0.39, 0.29) is 24.0 Å². The van der Waals surface area contributed by atoms with E-state index in [1.807, 2.05) is 49.4 Å². The van der Waals surface area contributed by atoms with Gasteiger partial charge in [0.2, 0.25) is 5.91 Å². The van der Waals surface area contributed by atoms with Crippen LogP contribution in [0.2, 0.25) is 0 Å². The van der Waals surface area contributed by atoms with Crippen LogP contribution >= 0.6 is 11.8 Å².